The Morgan fingerprint density at radius 3 is 2.41 bits per heavy atom. The van der Waals surface area contributed by atoms with Gasteiger partial charge in [0.25, 0.3) is 5.56 Å². The molecule has 11 heteroatoms. The second kappa shape index (κ2) is 12.9. The van der Waals surface area contributed by atoms with Crippen LogP contribution in [0.15, 0.2) is 105 Å². The number of rotatable bonds is 8. The van der Waals surface area contributed by atoms with Crippen molar-refractivity contribution in [2.45, 2.75) is 32.9 Å². The van der Waals surface area contributed by atoms with Gasteiger partial charge in [-0.3, -0.25) is 9.36 Å². The van der Waals surface area contributed by atoms with Crippen molar-refractivity contribution in [2.75, 3.05) is 14.2 Å². The van der Waals surface area contributed by atoms with Crippen LogP contribution < -0.4 is 24.4 Å². The Balaban J connectivity index is 1.55. The van der Waals surface area contributed by atoms with Crippen LogP contribution in [0.1, 0.15) is 37.9 Å². The predicted octanol–water partition coefficient (Wildman–Crippen LogP) is 5.82. The SMILES string of the molecule is COc1ccc([C@H]2C(C(=O)OC(C)C)=C(C)N=c3s/c(=C\c4cn(-c5ccccc5)nc4-c4ccc(OC)c(Br)c4)c(=O)n32)cc1. The molecule has 1 aliphatic heterocycles. The second-order valence-electron chi connectivity index (χ2n) is 10.9. The van der Waals surface area contributed by atoms with Crippen LogP contribution in [0.4, 0.5) is 0 Å². The van der Waals surface area contributed by atoms with E-state index in [0.29, 0.717) is 37.8 Å². The van der Waals surface area contributed by atoms with Gasteiger partial charge in [-0.1, -0.05) is 41.7 Å². The Kier molecular flexibility index (Phi) is 8.79. The first-order valence-electron chi connectivity index (χ1n) is 14.5. The average Bonchev–Trinajstić information content (AvgIpc) is 3.61. The standard InChI is InChI=1S/C35H31BrN4O5S/c1-20(2)45-34(42)30-21(3)37-35-40(32(30)22-11-14-26(43-4)15-12-22)33(41)29(46-35)18-24-19-39(25-9-7-6-8-10-25)38-31(24)23-13-16-28(44-5)27(36)17-23/h6-20,32H,1-5H3/b29-18-/t32-/m0/s1. The molecule has 5 aromatic rings. The normalized spacial score (nSPS) is 14.7. The van der Waals surface area contributed by atoms with Crippen molar-refractivity contribution in [3.05, 3.63) is 126 Å². The van der Waals surface area contributed by atoms with Gasteiger partial charge in [-0.2, -0.15) is 5.10 Å². The molecule has 0 amide bonds. The zero-order chi connectivity index (χ0) is 32.5. The monoisotopic (exact) mass is 698 g/mol. The zero-order valence-corrected chi connectivity index (χ0v) is 28.3. The summed E-state index contributed by atoms with van der Waals surface area (Å²) in [4.78, 5) is 33.0. The number of aromatic nitrogens is 3. The van der Waals surface area contributed by atoms with Gasteiger partial charge < -0.3 is 14.2 Å². The fourth-order valence-corrected chi connectivity index (χ4v) is 6.93. The maximum atomic E-state index is 14.3. The third kappa shape index (κ3) is 5.95. The molecule has 3 heterocycles. The van der Waals surface area contributed by atoms with Crippen molar-refractivity contribution in [1.29, 1.82) is 0 Å². The molecule has 1 atom stereocenters. The molecule has 0 fully saturated rings. The lowest BCUT2D eigenvalue weighted by molar-refractivity contribution is -0.143. The number of para-hydroxylation sites is 1. The highest BCUT2D eigenvalue weighted by molar-refractivity contribution is 9.10. The first-order chi connectivity index (χ1) is 22.2. The number of carbonyl (C=O) groups excluding carboxylic acids is 1. The fraction of sp³-hybridized carbons (Fsp3) is 0.200. The molecule has 1 aliphatic rings. The predicted molar refractivity (Wildman–Crippen MR) is 181 cm³/mol. The van der Waals surface area contributed by atoms with Crippen molar-refractivity contribution >= 4 is 39.3 Å². The largest absolute Gasteiger partial charge is 0.497 e. The van der Waals surface area contributed by atoms with E-state index in [2.05, 4.69) is 15.9 Å². The van der Waals surface area contributed by atoms with E-state index in [1.807, 2.05) is 85.1 Å². The van der Waals surface area contributed by atoms with Gasteiger partial charge in [-0.05, 0) is 90.8 Å². The van der Waals surface area contributed by atoms with Crippen molar-refractivity contribution in [1.82, 2.24) is 14.3 Å². The fourth-order valence-electron chi connectivity index (χ4n) is 5.35. The molecule has 3 aromatic carbocycles. The number of halogens is 1. The summed E-state index contributed by atoms with van der Waals surface area (Å²) in [6.45, 7) is 5.36. The summed E-state index contributed by atoms with van der Waals surface area (Å²) in [6.07, 6.45) is 3.39. The van der Waals surface area contributed by atoms with Crippen LogP contribution in [-0.2, 0) is 9.53 Å². The molecule has 0 unspecified atom stereocenters. The molecular weight excluding hydrogens is 668 g/mol. The van der Waals surface area contributed by atoms with E-state index in [-0.39, 0.29) is 11.7 Å². The van der Waals surface area contributed by atoms with Gasteiger partial charge in [-0.25, -0.2) is 14.5 Å². The van der Waals surface area contributed by atoms with Crippen LogP contribution in [-0.4, -0.2) is 40.6 Å². The van der Waals surface area contributed by atoms with Gasteiger partial charge in [0.15, 0.2) is 4.80 Å². The van der Waals surface area contributed by atoms with E-state index in [9.17, 15) is 9.59 Å². The van der Waals surface area contributed by atoms with Crippen LogP contribution in [0.2, 0.25) is 0 Å². The van der Waals surface area contributed by atoms with Gasteiger partial charge >= 0.3 is 5.97 Å². The minimum absolute atomic E-state index is 0.277. The number of benzene rings is 3. The number of allylic oxidation sites excluding steroid dienone is 1. The van der Waals surface area contributed by atoms with Crippen molar-refractivity contribution in [2.24, 2.45) is 4.99 Å². The Bertz CT molecular complexity index is 2150. The number of hydrogen-bond donors (Lipinski definition) is 0. The lowest BCUT2D eigenvalue weighted by Crippen LogP contribution is -2.40. The summed E-state index contributed by atoms with van der Waals surface area (Å²) >= 11 is 4.85. The number of esters is 1. The number of thiazole rings is 1. The highest BCUT2D eigenvalue weighted by Gasteiger charge is 2.34. The van der Waals surface area contributed by atoms with Crippen LogP contribution in [0.25, 0.3) is 23.0 Å². The summed E-state index contributed by atoms with van der Waals surface area (Å²) in [5.74, 6) is 0.848. The van der Waals surface area contributed by atoms with Crippen molar-refractivity contribution in [3.8, 4) is 28.4 Å². The van der Waals surface area contributed by atoms with Gasteiger partial charge in [0.2, 0.25) is 0 Å². The number of methoxy groups -OCH3 is 2. The number of fused-ring (bicyclic) bond motifs is 1. The Morgan fingerprint density at radius 1 is 1.02 bits per heavy atom. The first kappa shape index (κ1) is 31.3. The lowest BCUT2D eigenvalue weighted by Gasteiger charge is -2.25. The maximum absolute atomic E-state index is 14.3. The number of carbonyl (C=O) groups is 1. The Morgan fingerprint density at radius 2 is 1.76 bits per heavy atom. The second-order valence-corrected chi connectivity index (χ2v) is 12.7. The van der Waals surface area contributed by atoms with E-state index < -0.39 is 12.0 Å². The molecule has 46 heavy (non-hydrogen) atoms. The van der Waals surface area contributed by atoms with E-state index in [1.54, 1.807) is 44.2 Å². The molecule has 0 aliphatic carbocycles. The molecule has 2 aromatic heterocycles. The highest BCUT2D eigenvalue weighted by atomic mass is 79.9. The first-order valence-corrected chi connectivity index (χ1v) is 16.2. The summed E-state index contributed by atoms with van der Waals surface area (Å²) in [5, 5.41) is 4.92. The molecule has 0 spiro atoms. The smallest absolute Gasteiger partial charge is 0.338 e. The summed E-state index contributed by atoms with van der Waals surface area (Å²) in [5.41, 5.74) is 4.41. The summed E-state index contributed by atoms with van der Waals surface area (Å²) in [7, 11) is 3.20. The van der Waals surface area contributed by atoms with Crippen LogP contribution in [0.3, 0.4) is 0 Å². The molecule has 9 nitrogen and oxygen atoms in total. The molecule has 0 bridgehead atoms. The number of nitrogens with zero attached hydrogens (tertiary/aromatic N) is 4. The van der Waals surface area contributed by atoms with E-state index in [4.69, 9.17) is 24.3 Å². The van der Waals surface area contributed by atoms with Crippen molar-refractivity contribution in [3.63, 3.8) is 0 Å². The third-order valence-electron chi connectivity index (χ3n) is 7.49. The Labute approximate surface area is 277 Å². The number of hydrogen-bond acceptors (Lipinski definition) is 8. The van der Waals surface area contributed by atoms with Crippen molar-refractivity contribution < 1.29 is 19.0 Å². The molecule has 6 rings (SSSR count). The van der Waals surface area contributed by atoms with E-state index >= 15 is 0 Å². The molecule has 0 saturated carbocycles. The topological polar surface area (TPSA) is 96.9 Å². The quantitative estimate of drug-likeness (QED) is 0.190. The summed E-state index contributed by atoms with van der Waals surface area (Å²) in [6, 6.07) is 22.1. The third-order valence-corrected chi connectivity index (χ3v) is 9.09. The van der Waals surface area contributed by atoms with Crippen LogP contribution in [0.5, 0.6) is 11.5 Å². The zero-order valence-electron chi connectivity index (χ0n) is 25.9. The Hall–Kier alpha value is -4.74. The highest BCUT2D eigenvalue weighted by Crippen LogP contribution is 2.33. The molecule has 0 N–H and O–H groups in total. The lowest BCUT2D eigenvalue weighted by atomic mass is 9.96. The van der Waals surface area contributed by atoms with Crippen LogP contribution >= 0.6 is 27.3 Å². The van der Waals surface area contributed by atoms with E-state index in [1.165, 1.54) is 11.3 Å². The molecule has 0 radical (unpaired) electrons. The van der Waals surface area contributed by atoms with Gasteiger partial charge in [0.05, 0.1) is 52.3 Å². The molecular formula is C35H31BrN4O5S. The van der Waals surface area contributed by atoms with E-state index in [0.717, 1.165) is 26.9 Å². The van der Waals surface area contributed by atoms with Gasteiger partial charge in [-0.15, -0.1) is 0 Å². The number of ether oxygens (including phenoxy) is 3. The minimum Gasteiger partial charge on any atom is -0.497 e. The van der Waals surface area contributed by atoms with Gasteiger partial charge in [0.1, 0.15) is 17.2 Å². The van der Waals surface area contributed by atoms with Gasteiger partial charge in [0, 0.05) is 17.3 Å². The maximum Gasteiger partial charge on any atom is 0.338 e. The molecule has 0 saturated heterocycles. The average molecular weight is 700 g/mol. The minimum atomic E-state index is -0.736. The summed E-state index contributed by atoms with van der Waals surface area (Å²) < 4.78 is 21.0. The van der Waals surface area contributed by atoms with Crippen LogP contribution in [0, 0.1) is 0 Å². The molecule has 234 valence electrons.